The molecule has 1 aliphatic rings. The predicted molar refractivity (Wildman–Crippen MR) is 107 cm³/mol. The maximum atomic E-state index is 13.1. The smallest absolute Gasteiger partial charge is 0.277 e. The van der Waals surface area contributed by atoms with Crippen molar-refractivity contribution in [2.24, 2.45) is 0 Å². The van der Waals surface area contributed by atoms with Crippen molar-refractivity contribution in [3.63, 3.8) is 0 Å². The first-order valence-electron chi connectivity index (χ1n) is 8.51. The number of hydrogen-bond acceptors (Lipinski definition) is 4. The van der Waals surface area contributed by atoms with Gasteiger partial charge in [-0.05, 0) is 42.5 Å². The molecule has 0 bridgehead atoms. The van der Waals surface area contributed by atoms with Crippen LogP contribution in [0.2, 0.25) is 0 Å². The molecule has 0 atom stereocenters. The lowest BCUT2D eigenvalue weighted by Gasteiger charge is -2.28. The van der Waals surface area contributed by atoms with E-state index in [0.29, 0.717) is 24.3 Å². The molecule has 0 aliphatic carbocycles. The Bertz CT molecular complexity index is 1110. The molecule has 4 rings (SSSR count). The third kappa shape index (κ3) is 3.28. The van der Waals surface area contributed by atoms with Crippen molar-refractivity contribution in [2.45, 2.75) is 6.54 Å². The van der Waals surface area contributed by atoms with Crippen molar-refractivity contribution in [3.05, 3.63) is 76.0 Å². The zero-order chi connectivity index (χ0) is 19.7. The number of fused-ring (bicyclic) bond motifs is 1. The molecule has 2 heterocycles. The Labute approximate surface area is 169 Å². The lowest BCUT2D eigenvalue weighted by molar-refractivity contribution is 0.0947. The van der Waals surface area contributed by atoms with Crippen LogP contribution in [-0.2, 0) is 6.54 Å². The van der Waals surface area contributed by atoms with E-state index in [1.165, 1.54) is 6.20 Å². The van der Waals surface area contributed by atoms with Crippen molar-refractivity contribution >= 4 is 39.1 Å². The third-order valence-corrected chi connectivity index (χ3v) is 4.98. The van der Waals surface area contributed by atoms with E-state index in [0.717, 1.165) is 10.2 Å². The molecule has 2 aromatic carbocycles. The Morgan fingerprint density at radius 1 is 1.18 bits per heavy atom. The Kier molecular flexibility index (Phi) is 4.67. The summed E-state index contributed by atoms with van der Waals surface area (Å²) >= 11 is 3.39. The van der Waals surface area contributed by atoms with Gasteiger partial charge in [-0.3, -0.25) is 14.3 Å². The number of anilines is 2. The molecule has 1 aliphatic heterocycles. The van der Waals surface area contributed by atoms with Crippen LogP contribution in [0.5, 0.6) is 0 Å². The molecular weight excluding hydrogens is 422 g/mol. The Hall–Kier alpha value is -3.44. The maximum Gasteiger partial charge on any atom is 0.277 e. The summed E-state index contributed by atoms with van der Waals surface area (Å²) in [5.41, 5.74) is 2.13. The van der Waals surface area contributed by atoms with Crippen LogP contribution in [0.3, 0.4) is 0 Å². The fourth-order valence-corrected chi connectivity index (χ4v) is 3.37. The topological polar surface area (TPSA) is 91.0 Å². The molecule has 0 unspecified atom stereocenters. The molecule has 28 heavy (non-hydrogen) atoms. The van der Waals surface area contributed by atoms with Crippen LogP contribution in [0.15, 0.2) is 59.2 Å². The fraction of sp³-hybridized carbons (Fsp3) is 0.100. The average Bonchev–Trinajstić information content (AvgIpc) is 3.14. The average molecular weight is 436 g/mol. The summed E-state index contributed by atoms with van der Waals surface area (Å²) in [5, 5.41) is 15.9. The zero-order valence-corrected chi connectivity index (χ0v) is 16.2. The molecular formula is C20H14BrN5O2. The van der Waals surface area contributed by atoms with Crippen LogP contribution in [0.1, 0.15) is 26.4 Å². The van der Waals surface area contributed by atoms with Crippen LogP contribution in [0.4, 0.5) is 11.4 Å². The standard InChI is InChI=1S/C20H14BrN5O2/c21-14-4-6-16(7-5-14)25-8-9-26-18(20(25)28)17(12-23-26)19(27)24-15-3-1-2-13(10-15)11-22/h1-7,10,12H,8-9H2,(H,24,27). The van der Waals surface area contributed by atoms with Gasteiger partial charge in [-0.2, -0.15) is 10.4 Å². The van der Waals surface area contributed by atoms with E-state index in [1.807, 2.05) is 30.3 Å². The maximum absolute atomic E-state index is 13.1. The highest BCUT2D eigenvalue weighted by molar-refractivity contribution is 9.10. The number of carbonyl (C=O) groups excluding carboxylic acids is 2. The van der Waals surface area contributed by atoms with Gasteiger partial charge in [0, 0.05) is 22.4 Å². The van der Waals surface area contributed by atoms with Crippen molar-refractivity contribution in [1.82, 2.24) is 9.78 Å². The molecule has 0 radical (unpaired) electrons. The molecule has 7 nitrogen and oxygen atoms in total. The lowest BCUT2D eigenvalue weighted by atomic mass is 10.1. The zero-order valence-electron chi connectivity index (χ0n) is 14.6. The summed E-state index contributed by atoms with van der Waals surface area (Å²) in [4.78, 5) is 27.5. The van der Waals surface area contributed by atoms with E-state index in [2.05, 4.69) is 26.3 Å². The predicted octanol–water partition coefficient (Wildman–Crippen LogP) is 3.43. The van der Waals surface area contributed by atoms with Gasteiger partial charge < -0.3 is 10.2 Å². The minimum Gasteiger partial charge on any atom is -0.322 e. The van der Waals surface area contributed by atoms with Crippen molar-refractivity contribution in [2.75, 3.05) is 16.8 Å². The van der Waals surface area contributed by atoms with Gasteiger partial charge >= 0.3 is 0 Å². The molecule has 2 amide bonds. The second-order valence-electron chi connectivity index (χ2n) is 6.21. The number of halogens is 1. The van der Waals surface area contributed by atoms with Gasteiger partial charge in [0.25, 0.3) is 11.8 Å². The number of nitriles is 1. The van der Waals surface area contributed by atoms with Crippen LogP contribution in [0.25, 0.3) is 0 Å². The quantitative estimate of drug-likeness (QED) is 0.681. The Morgan fingerprint density at radius 2 is 1.96 bits per heavy atom. The van der Waals surface area contributed by atoms with Gasteiger partial charge in [0.15, 0.2) is 0 Å². The molecule has 1 N–H and O–H groups in total. The van der Waals surface area contributed by atoms with Gasteiger partial charge in [-0.25, -0.2) is 0 Å². The number of hydrogen-bond donors (Lipinski definition) is 1. The Balaban J connectivity index is 1.62. The van der Waals surface area contributed by atoms with E-state index in [-0.39, 0.29) is 17.2 Å². The summed E-state index contributed by atoms with van der Waals surface area (Å²) in [6.07, 6.45) is 1.40. The van der Waals surface area contributed by atoms with Crippen molar-refractivity contribution in [3.8, 4) is 6.07 Å². The van der Waals surface area contributed by atoms with Crippen LogP contribution >= 0.6 is 15.9 Å². The largest absolute Gasteiger partial charge is 0.322 e. The first-order valence-corrected chi connectivity index (χ1v) is 9.31. The van der Waals surface area contributed by atoms with Crippen LogP contribution in [-0.4, -0.2) is 28.1 Å². The van der Waals surface area contributed by atoms with Crippen molar-refractivity contribution in [1.29, 1.82) is 5.26 Å². The van der Waals surface area contributed by atoms with E-state index >= 15 is 0 Å². The first kappa shape index (κ1) is 17.9. The number of amides is 2. The lowest BCUT2D eigenvalue weighted by Crippen LogP contribution is -2.41. The summed E-state index contributed by atoms with van der Waals surface area (Å²) in [6.45, 7) is 0.967. The molecule has 0 saturated carbocycles. The van der Waals surface area contributed by atoms with Gasteiger partial charge in [-0.1, -0.05) is 22.0 Å². The molecule has 0 fully saturated rings. The minimum absolute atomic E-state index is 0.203. The van der Waals surface area contributed by atoms with Gasteiger partial charge in [0.1, 0.15) is 5.69 Å². The Morgan fingerprint density at radius 3 is 2.71 bits per heavy atom. The minimum atomic E-state index is -0.442. The summed E-state index contributed by atoms with van der Waals surface area (Å²) in [5.74, 6) is -0.718. The highest BCUT2D eigenvalue weighted by atomic mass is 79.9. The summed E-state index contributed by atoms with van der Waals surface area (Å²) < 4.78 is 2.48. The highest BCUT2D eigenvalue weighted by Crippen LogP contribution is 2.25. The van der Waals surface area contributed by atoms with E-state index in [4.69, 9.17) is 5.26 Å². The van der Waals surface area contributed by atoms with Crippen LogP contribution in [0, 0.1) is 11.3 Å². The molecule has 0 saturated heterocycles. The number of aromatic nitrogens is 2. The molecule has 0 spiro atoms. The first-order chi connectivity index (χ1) is 13.6. The fourth-order valence-electron chi connectivity index (χ4n) is 3.10. The number of carbonyl (C=O) groups is 2. The third-order valence-electron chi connectivity index (χ3n) is 4.46. The second-order valence-corrected chi connectivity index (χ2v) is 7.13. The van der Waals surface area contributed by atoms with E-state index in [9.17, 15) is 9.59 Å². The number of nitrogens with zero attached hydrogens (tertiary/aromatic N) is 4. The van der Waals surface area contributed by atoms with E-state index in [1.54, 1.807) is 33.8 Å². The molecule has 8 heteroatoms. The van der Waals surface area contributed by atoms with E-state index < -0.39 is 5.91 Å². The summed E-state index contributed by atoms with van der Waals surface area (Å²) in [6, 6.07) is 16.0. The number of nitrogens with one attached hydrogen (secondary N) is 1. The van der Waals surface area contributed by atoms with Gasteiger partial charge in [0.2, 0.25) is 0 Å². The molecule has 3 aromatic rings. The number of rotatable bonds is 3. The van der Waals surface area contributed by atoms with Gasteiger partial charge in [-0.15, -0.1) is 0 Å². The SMILES string of the molecule is N#Cc1cccc(NC(=O)c2cnn3c2C(=O)N(c2ccc(Br)cc2)CC3)c1. The monoisotopic (exact) mass is 435 g/mol. The second kappa shape index (κ2) is 7.29. The van der Waals surface area contributed by atoms with Crippen LogP contribution < -0.4 is 10.2 Å². The highest BCUT2D eigenvalue weighted by Gasteiger charge is 2.31. The number of benzene rings is 2. The summed E-state index contributed by atoms with van der Waals surface area (Å²) in [7, 11) is 0. The van der Waals surface area contributed by atoms with Gasteiger partial charge in [0.05, 0.1) is 29.9 Å². The normalized spacial score (nSPS) is 13.0. The van der Waals surface area contributed by atoms with Crippen molar-refractivity contribution < 1.29 is 9.59 Å². The molecule has 1 aromatic heterocycles. The molecule has 138 valence electrons.